The molecular formula is C9H16N4OS. The smallest absolute Gasteiger partial charge is 0.239 e. The summed E-state index contributed by atoms with van der Waals surface area (Å²) in [7, 11) is 3.94. The molecule has 6 heteroatoms. The third-order valence-corrected chi connectivity index (χ3v) is 2.44. The number of carbonyl (C=O) groups excluding carboxylic acids is 1. The molecule has 2 N–H and O–H groups in total. The molecule has 0 atom stereocenters. The van der Waals surface area contributed by atoms with Gasteiger partial charge >= 0.3 is 0 Å². The highest BCUT2D eigenvalue weighted by Crippen LogP contribution is 2.08. The maximum Gasteiger partial charge on any atom is 0.239 e. The lowest BCUT2D eigenvalue weighted by atomic mass is 10.5. The van der Waals surface area contributed by atoms with E-state index in [0.717, 1.165) is 11.7 Å². The number of rotatable bonds is 6. The predicted molar refractivity (Wildman–Crippen MR) is 62.2 cm³/mol. The minimum Gasteiger partial charge on any atom is -0.353 e. The Labute approximate surface area is 93.5 Å². The van der Waals surface area contributed by atoms with Crippen LogP contribution in [0.4, 0.5) is 5.13 Å². The van der Waals surface area contributed by atoms with Gasteiger partial charge in [0.05, 0.1) is 6.54 Å². The molecule has 0 unspecified atom stereocenters. The molecule has 0 aliphatic rings. The molecule has 0 fully saturated rings. The molecule has 0 aromatic carbocycles. The van der Waals surface area contributed by atoms with E-state index in [-0.39, 0.29) is 12.5 Å². The fraction of sp³-hybridized carbons (Fsp3) is 0.556. The summed E-state index contributed by atoms with van der Waals surface area (Å²) in [6.07, 6.45) is 1.71. The number of anilines is 1. The van der Waals surface area contributed by atoms with E-state index in [4.69, 9.17) is 0 Å². The molecule has 0 aliphatic carbocycles. The molecule has 0 radical (unpaired) electrons. The Morgan fingerprint density at radius 3 is 3.00 bits per heavy atom. The van der Waals surface area contributed by atoms with Crippen LogP contribution in [0.2, 0.25) is 0 Å². The zero-order valence-electron chi connectivity index (χ0n) is 8.99. The van der Waals surface area contributed by atoms with Gasteiger partial charge in [-0.2, -0.15) is 0 Å². The molecule has 0 saturated heterocycles. The molecule has 1 amide bonds. The molecule has 0 spiro atoms. The van der Waals surface area contributed by atoms with Crippen molar-refractivity contribution in [3.05, 3.63) is 11.6 Å². The van der Waals surface area contributed by atoms with E-state index in [1.54, 1.807) is 6.20 Å². The number of nitrogens with zero attached hydrogens (tertiary/aromatic N) is 2. The molecular weight excluding hydrogens is 212 g/mol. The maximum atomic E-state index is 11.3. The molecule has 0 aliphatic heterocycles. The van der Waals surface area contributed by atoms with E-state index in [1.165, 1.54) is 11.3 Å². The average Bonchev–Trinajstić information content (AvgIpc) is 2.66. The van der Waals surface area contributed by atoms with Gasteiger partial charge < -0.3 is 15.5 Å². The highest BCUT2D eigenvalue weighted by Gasteiger charge is 2.01. The van der Waals surface area contributed by atoms with Gasteiger partial charge in [-0.25, -0.2) is 4.98 Å². The van der Waals surface area contributed by atoms with Crippen LogP contribution in [-0.4, -0.2) is 49.5 Å². The molecule has 5 nitrogen and oxygen atoms in total. The van der Waals surface area contributed by atoms with Crippen LogP contribution in [0.5, 0.6) is 0 Å². The molecule has 1 heterocycles. The first-order chi connectivity index (χ1) is 7.18. The van der Waals surface area contributed by atoms with Crippen molar-refractivity contribution < 1.29 is 4.79 Å². The van der Waals surface area contributed by atoms with Gasteiger partial charge in [-0.15, -0.1) is 11.3 Å². The number of thiazole rings is 1. The summed E-state index contributed by atoms with van der Waals surface area (Å²) in [6.45, 7) is 1.80. The second-order valence-corrected chi connectivity index (χ2v) is 4.24. The molecule has 84 valence electrons. The Morgan fingerprint density at radius 1 is 1.60 bits per heavy atom. The zero-order chi connectivity index (χ0) is 11.1. The fourth-order valence-electron chi connectivity index (χ4n) is 0.948. The van der Waals surface area contributed by atoms with Crippen LogP contribution in [0.1, 0.15) is 0 Å². The average molecular weight is 228 g/mol. The highest BCUT2D eigenvalue weighted by molar-refractivity contribution is 7.13. The van der Waals surface area contributed by atoms with E-state index < -0.39 is 0 Å². The van der Waals surface area contributed by atoms with Crippen molar-refractivity contribution in [3.63, 3.8) is 0 Å². The van der Waals surface area contributed by atoms with Crippen LogP contribution < -0.4 is 10.6 Å². The van der Waals surface area contributed by atoms with Gasteiger partial charge in [0.2, 0.25) is 5.91 Å². The van der Waals surface area contributed by atoms with Crippen LogP contribution in [-0.2, 0) is 4.79 Å². The number of likely N-dealkylation sites (N-methyl/N-ethyl adjacent to an activating group) is 1. The lowest BCUT2D eigenvalue weighted by molar-refractivity contribution is -0.119. The molecule has 1 aromatic rings. The Kier molecular flexibility index (Phi) is 5.06. The van der Waals surface area contributed by atoms with Gasteiger partial charge in [-0.1, -0.05) is 0 Å². The summed E-state index contributed by atoms with van der Waals surface area (Å²) >= 11 is 1.48. The first kappa shape index (κ1) is 11.9. The largest absolute Gasteiger partial charge is 0.353 e. The lowest BCUT2D eigenvalue weighted by Crippen LogP contribution is -2.34. The van der Waals surface area contributed by atoms with Crippen LogP contribution >= 0.6 is 11.3 Å². The van der Waals surface area contributed by atoms with Crippen molar-refractivity contribution in [1.29, 1.82) is 0 Å². The van der Waals surface area contributed by atoms with Crippen LogP contribution in [0.3, 0.4) is 0 Å². The van der Waals surface area contributed by atoms with Gasteiger partial charge in [-0.3, -0.25) is 4.79 Å². The van der Waals surface area contributed by atoms with Gasteiger partial charge in [0.15, 0.2) is 5.13 Å². The van der Waals surface area contributed by atoms with E-state index >= 15 is 0 Å². The Balaban J connectivity index is 2.09. The summed E-state index contributed by atoms with van der Waals surface area (Å²) in [5, 5.41) is 8.40. The standard InChI is InChI=1S/C9H16N4OS/c1-13(2)5-3-10-8(14)7-12-9-11-4-6-15-9/h4,6H,3,5,7H2,1-2H3,(H,10,14)(H,11,12). The molecule has 0 bridgehead atoms. The Bertz CT molecular complexity index is 286. The third-order valence-electron chi connectivity index (χ3n) is 1.71. The van der Waals surface area contributed by atoms with Gasteiger partial charge in [0.25, 0.3) is 0 Å². The summed E-state index contributed by atoms with van der Waals surface area (Å²) < 4.78 is 0. The van der Waals surface area contributed by atoms with E-state index in [9.17, 15) is 4.79 Å². The SMILES string of the molecule is CN(C)CCNC(=O)CNc1nccs1. The maximum absolute atomic E-state index is 11.3. The summed E-state index contributed by atoms with van der Waals surface area (Å²) in [6, 6.07) is 0. The molecule has 1 rings (SSSR count). The van der Waals surface area contributed by atoms with Crippen molar-refractivity contribution in [1.82, 2.24) is 15.2 Å². The van der Waals surface area contributed by atoms with Crippen molar-refractivity contribution >= 4 is 22.4 Å². The number of amides is 1. The van der Waals surface area contributed by atoms with Gasteiger partial charge in [0.1, 0.15) is 0 Å². The van der Waals surface area contributed by atoms with Crippen LogP contribution in [0.25, 0.3) is 0 Å². The molecule has 0 saturated carbocycles. The normalized spacial score (nSPS) is 10.3. The summed E-state index contributed by atoms with van der Waals surface area (Å²) in [4.78, 5) is 17.3. The number of aromatic nitrogens is 1. The van der Waals surface area contributed by atoms with Gasteiger partial charge in [0, 0.05) is 24.7 Å². The monoisotopic (exact) mass is 228 g/mol. The van der Waals surface area contributed by atoms with Crippen LogP contribution in [0, 0.1) is 0 Å². The number of hydrogen-bond donors (Lipinski definition) is 2. The second-order valence-electron chi connectivity index (χ2n) is 3.34. The Morgan fingerprint density at radius 2 is 2.40 bits per heavy atom. The first-order valence-electron chi connectivity index (χ1n) is 4.73. The predicted octanol–water partition coefficient (Wildman–Crippen LogP) is 0.233. The lowest BCUT2D eigenvalue weighted by Gasteiger charge is -2.10. The van der Waals surface area contributed by atoms with Gasteiger partial charge in [-0.05, 0) is 14.1 Å². The summed E-state index contributed by atoms with van der Waals surface area (Å²) in [5.74, 6) is -0.00736. The third kappa shape index (κ3) is 5.34. The topological polar surface area (TPSA) is 57.3 Å². The van der Waals surface area contributed by atoms with Crippen LogP contribution in [0.15, 0.2) is 11.6 Å². The quantitative estimate of drug-likeness (QED) is 0.732. The number of nitrogens with one attached hydrogen (secondary N) is 2. The second kappa shape index (κ2) is 6.36. The fourth-order valence-corrected chi connectivity index (χ4v) is 1.48. The van der Waals surface area contributed by atoms with E-state index in [0.29, 0.717) is 6.54 Å². The highest BCUT2D eigenvalue weighted by atomic mass is 32.1. The van der Waals surface area contributed by atoms with E-state index in [1.807, 2.05) is 24.4 Å². The molecule has 15 heavy (non-hydrogen) atoms. The minimum atomic E-state index is -0.00736. The molecule has 1 aromatic heterocycles. The van der Waals surface area contributed by atoms with E-state index in [2.05, 4.69) is 15.6 Å². The number of carbonyl (C=O) groups is 1. The zero-order valence-corrected chi connectivity index (χ0v) is 9.80. The minimum absolute atomic E-state index is 0.00736. The van der Waals surface area contributed by atoms with Crippen molar-refractivity contribution in [2.45, 2.75) is 0 Å². The van der Waals surface area contributed by atoms with Crippen molar-refractivity contribution in [2.24, 2.45) is 0 Å². The first-order valence-corrected chi connectivity index (χ1v) is 5.61. The summed E-state index contributed by atoms with van der Waals surface area (Å²) in [5.41, 5.74) is 0. The Hall–Kier alpha value is -1.14. The van der Waals surface area contributed by atoms with Crippen molar-refractivity contribution in [3.8, 4) is 0 Å². The number of hydrogen-bond acceptors (Lipinski definition) is 5. The van der Waals surface area contributed by atoms with Crippen molar-refractivity contribution in [2.75, 3.05) is 39.0 Å².